The van der Waals surface area contributed by atoms with E-state index in [1.54, 1.807) is 29.6 Å². The summed E-state index contributed by atoms with van der Waals surface area (Å²) in [5, 5.41) is 28.6. The number of aromatic carboxylic acids is 1. The highest BCUT2D eigenvalue weighted by Gasteiger charge is 2.22. The molecule has 0 amide bonds. The molecule has 0 aliphatic rings. The number of carboxylic acid groups (broad SMARTS) is 1. The monoisotopic (exact) mass is 343 g/mol. The van der Waals surface area contributed by atoms with Crippen LogP contribution in [-0.2, 0) is 6.54 Å². The number of carbonyl (C=O) groups is 1. The van der Waals surface area contributed by atoms with Crippen molar-refractivity contribution in [2.75, 3.05) is 0 Å². The van der Waals surface area contributed by atoms with Crippen LogP contribution >= 0.6 is 11.3 Å². The fraction of sp³-hybridized carbons (Fsp3) is 0.0667. The highest BCUT2D eigenvalue weighted by molar-refractivity contribution is 7.17. The molecule has 2 N–H and O–H groups in total. The molecule has 9 heteroatoms. The van der Waals surface area contributed by atoms with E-state index in [-0.39, 0.29) is 12.1 Å². The summed E-state index contributed by atoms with van der Waals surface area (Å²) in [5.41, 5.74) is 1.02. The highest BCUT2D eigenvalue weighted by atomic mass is 32.1. The van der Waals surface area contributed by atoms with Gasteiger partial charge in [0.1, 0.15) is 16.6 Å². The third kappa shape index (κ3) is 1.98. The molecule has 3 heterocycles. The first-order chi connectivity index (χ1) is 11.6. The van der Waals surface area contributed by atoms with E-state index < -0.39 is 17.3 Å². The molecule has 4 aromatic rings. The quantitative estimate of drug-likeness (QED) is 0.584. The minimum Gasteiger partial charge on any atom is -0.502 e. The van der Waals surface area contributed by atoms with Crippen molar-refractivity contribution in [3.63, 3.8) is 0 Å². The fourth-order valence-corrected chi connectivity index (χ4v) is 3.60. The summed E-state index contributed by atoms with van der Waals surface area (Å²) in [6.07, 6.45) is 0. The number of nitrogens with zero attached hydrogens (tertiary/aromatic N) is 3. The number of fused-ring (bicyclic) bond motifs is 2. The Bertz CT molecular complexity index is 1160. The number of rotatable bonds is 3. The Morgan fingerprint density at radius 3 is 2.92 bits per heavy atom. The molecule has 24 heavy (non-hydrogen) atoms. The van der Waals surface area contributed by atoms with E-state index in [1.807, 2.05) is 0 Å². The average Bonchev–Trinajstić information content (AvgIpc) is 3.20. The maximum absolute atomic E-state index is 12.5. The summed E-state index contributed by atoms with van der Waals surface area (Å²) in [7, 11) is 0. The van der Waals surface area contributed by atoms with Gasteiger partial charge < -0.3 is 10.2 Å². The van der Waals surface area contributed by atoms with Gasteiger partial charge in [-0.2, -0.15) is 0 Å². The molecule has 120 valence electrons. The number of thiophene rings is 1. The summed E-state index contributed by atoms with van der Waals surface area (Å²) in [5.74, 6) is -2.12. The number of aromatic nitrogens is 3. The third-order valence-electron chi connectivity index (χ3n) is 3.76. The van der Waals surface area contributed by atoms with Crippen molar-refractivity contribution in [2.45, 2.75) is 6.54 Å². The maximum atomic E-state index is 12.5. The minimum atomic E-state index is -1.34. The Morgan fingerprint density at radius 1 is 1.29 bits per heavy atom. The van der Waals surface area contributed by atoms with Gasteiger partial charge in [-0.1, -0.05) is 12.1 Å². The molecule has 0 spiro atoms. The Balaban J connectivity index is 1.98. The first kappa shape index (κ1) is 14.4. The number of hydrogen-bond donors (Lipinski definition) is 2. The highest BCUT2D eigenvalue weighted by Crippen LogP contribution is 2.29. The van der Waals surface area contributed by atoms with Crippen molar-refractivity contribution >= 4 is 38.6 Å². The molecule has 8 nitrogen and oxygen atoms in total. The molecule has 0 bridgehead atoms. The van der Waals surface area contributed by atoms with Gasteiger partial charge in [0.05, 0.1) is 16.8 Å². The zero-order valence-corrected chi connectivity index (χ0v) is 12.8. The SMILES string of the molecule is O=C(O)c1c(O)c(=O)n(Cc2cccc3nonc23)c2ccsc12. The average molecular weight is 343 g/mol. The molecule has 0 aliphatic carbocycles. The number of carboxylic acids is 1. The molecule has 0 fully saturated rings. The molecule has 1 aromatic carbocycles. The standard InChI is InChI=1S/C15H9N3O5S/c19-12-10(15(21)22)13-9(4-5-24-13)18(14(12)20)6-7-2-1-3-8-11(7)17-23-16-8/h1-5,19H,6H2,(H,21,22). The lowest BCUT2D eigenvalue weighted by Crippen LogP contribution is -2.23. The molecule has 0 atom stereocenters. The Kier molecular flexibility index (Phi) is 3.10. The number of pyridine rings is 1. The van der Waals surface area contributed by atoms with Crippen LogP contribution in [0.15, 0.2) is 39.1 Å². The van der Waals surface area contributed by atoms with E-state index in [4.69, 9.17) is 4.63 Å². The molecule has 0 saturated carbocycles. The van der Waals surface area contributed by atoms with Crippen molar-refractivity contribution in [3.05, 3.63) is 51.1 Å². The molecule has 0 saturated heterocycles. The molecule has 4 rings (SSSR count). The van der Waals surface area contributed by atoms with E-state index in [0.717, 1.165) is 11.3 Å². The first-order valence-electron chi connectivity index (χ1n) is 6.84. The summed E-state index contributed by atoms with van der Waals surface area (Å²) in [6.45, 7) is 0.102. The Hall–Kier alpha value is -3.20. The van der Waals surface area contributed by atoms with Crippen molar-refractivity contribution in [2.24, 2.45) is 0 Å². The topological polar surface area (TPSA) is 118 Å². The summed E-state index contributed by atoms with van der Waals surface area (Å²) in [4.78, 5) is 23.8. The maximum Gasteiger partial charge on any atom is 0.341 e. The predicted molar refractivity (Wildman–Crippen MR) is 85.6 cm³/mol. The predicted octanol–water partition coefficient (Wildman–Crippen LogP) is 2.05. The van der Waals surface area contributed by atoms with Crippen LogP contribution in [0.4, 0.5) is 0 Å². The van der Waals surface area contributed by atoms with Crippen LogP contribution in [0.25, 0.3) is 21.3 Å². The Labute approximate surface area is 137 Å². The van der Waals surface area contributed by atoms with Crippen molar-refractivity contribution in [1.29, 1.82) is 0 Å². The second-order valence-corrected chi connectivity index (χ2v) is 6.02. The van der Waals surface area contributed by atoms with Crippen LogP contribution in [0.3, 0.4) is 0 Å². The van der Waals surface area contributed by atoms with Crippen LogP contribution in [-0.4, -0.2) is 31.1 Å². The number of aromatic hydroxyl groups is 1. The normalized spacial score (nSPS) is 11.3. The van der Waals surface area contributed by atoms with Gasteiger partial charge in [0.25, 0.3) is 5.56 Å². The minimum absolute atomic E-state index is 0.102. The van der Waals surface area contributed by atoms with E-state index in [2.05, 4.69) is 10.3 Å². The van der Waals surface area contributed by atoms with Gasteiger partial charge in [0, 0.05) is 5.56 Å². The summed E-state index contributed by atoms with van der Waals surface area (Å²) >= 11 is 1.15. The lowest BCUT2D eigenvalue weighted by Gasteiger charge is -2.11. The van der Waals surface area contributed by atoms with Crippen molar-refractivity contribution in [1.82, 2.24) is 14.9 Å². The Morgan fingerprint density at radius 2 is 2.12 bits per heavy atom. The zero-order valence-electron chi connectivity index (χ0n) is 12.0. The first-order valence-corrected chi connectivity index (χ1v) is 7.72. The third-order valence-corrected chi connectivity index (χ3v) is 4.68. The van der Waals surface area contributed by atoms with Crippen LogP contribution in [0.1, 0.15) is 15.9 Å². The van der Waals surface area contributed by atoms with Gasteiger partial charge in [-0.3, -0.25) is 9.36 Å². The van der Waals surface area contributed by atoms with E-state index in [0.29, 0.717) is 26.8 Å². The van der Waals surface area contributed by atoms with Crippen molar-refractivity contribution < 1.29 is 19.6 Å². The van der Waals surface area contributed by atoms with Crippen LogP contribution in [0, 0.1) is 0 Å². The second-order valence-electron chi connectivity index (χ2n) is 5.10. The summed E-state index contributed by atoms with van der Waals surface area (Å²) < 4.78 is 6.36. The number of benzene rings is 1. The number of hydrogen-bond acceptors (Lipinski definition) is 7. The lowest BCUT2D eigenvalue weighted by atomic mass is 10.1. The van der Waals surface area contributed by atoms with Gasteiger partial charge in [-0.15, -0.1) is 11.3 Å². The molecule has 0 radical (unpaired) electrons. The van der Waals surface area contributed by atoms with Gasteiger partial charge in [-0.05, 0) is 27.8 Å². The van der Waals surface area contributed by atoms with Gasteiger partial charge in [-0.25, -0.2) is 9.42 Å². The van der Waals surface area contributed by atoms with Gasteiger partial charge >= 0.3 is 5.97 Å². The molecule has 0 aliphatic heterocycles. The van der Waals surface area contributed by atoms with Gasteiger partial charge in [0.2, 0.25) is 0 Å². The summed E-state index contributed by atoms with van der Waals surface area (Å²) in [6, 6.07) is 6.89. The second kappa shape index (κ2) is 5.17. The zero-order chi connectivity index (χ0) is 16.8. The van der Waals surface area contributed by atoms with Crippen molar-refractivity contribution in [3.8, 4) is 5.75 Å². The van der Waals surface area contributed by atoms with Gasteiger partial charge in [0.15, 0.2) is 5.75 Å². The van der Waals surface area contributed by atoms with Crippen LogP contribution in [0.2, 0.25) is 0 Å². The smallest absolute Gasteiger partial charge is 0.341 e. The van der Waals surface area contributed by atoms with Crippen LogP contribution in [0.5, 0.6) is 5.75 Å². The molecule has 3 aromatic heterocycles. The fourth-order valence-electron chi connectivity index (χ4n) is 2.67. The molecular formula is C15H9N3O5S. The largest absolute Gasteiger partial charge is 0.502 e. The molecule has 0 unspecified atom stereocenters. The molecular weight excluding hydrogens is 334 g/mol. The van der Waals surface area contributed by atoms with Crippen LogP contribution < -0.4 is 5.56 Å². The lowest BCUT2D eigenvalue weighted by molar-refractivity contribution is 0.0695. The van der Waals surface area contributed by atoms with E-state index in [1.165, 1.54) is 4.57 Å². The van der Waals surface area contributed by atoms with E-state index >= 15 is 0 Å². The van der Waals surface area contributed by atoms with E-state index in [9.17, 15) is 19.8 Å².